The Kier molecular flexibility index (Phi) is 6.77. The van der Waals surface area contributed by atoms with Crippen molar-refractivity contribution in [3.63, 3.8) is 0 Å². The number of nitrogens with one attached hydrogen (secondary N) is 1. The highest BCUT2D eigenvalue weighted by molar-refractivity contribution is 7.89. The Morgan fingerprint density at radius 2 is 1.77 bits per heavy atom. The average molecular weight is 428 g/mol. The molecule has 7 nitrogen and oxygen atoms in total. The molecule has 9 heteroatoms. The summed E-state index contributed by atoms with van der Waals surface area (Å²) in [6, 6.07) is 12.2. The van der Waals surface area contributed by atoms with Gasteiger partial charge in [0, 0.05) is 12.1 Å². The number of hydrogen-bond acceptors (Lipinski definition) is 6. The van der Waals surface area contributed by atoms with E-state index in [4.69, 9.17) is 14.6 Å². The molecule has 1 heterocycles. The molecule has 3 rings (SSSR count). The molecule has 0 aliphatic heterocycles. The molecule has 0 amide bonds. The zero-order valence-electron chi connectivity index (χ0n) is 17.2. The molecular weight excluding hydrogens is 403 g/mol. The Labute approximate surface area is 176 Å². The molecule has 3 aromatic rings. The summed E-state index contributed by atoms with van der Waals surface area (Å²) in [6.07, 6.45) is 1.28. The third-order valence-electron chi connectivity index (χ3n) is 5.01. The summed E-state index contributed by atoms with van der Waals surface area (Å²) in [5.41, 5.74) is 4.36. The van der Waals surface area contributed by atoms with Crippen LogP contribution in [-0.2, 0) is 16.4 Å². The van der Waals surface area contributed by atoms with Gasteiger partial charge in [-0.05, 0) is 61.8 Å². The summed E-state index contributed by atoms with van der Waals surface area (Å²) in [5, 5.41) is 22.2. The van der Waals surface area contributed by atoms with Gasteiger partial charge in [-0.25, -0.2) is 13.1 Å². The normalized spacial score (nSPS) is 11.6. The van der Waals surface area contributed by atoms with Crippen molar-refractivity contribution >= 4 is 22.6 Å². The first-order valence-corrected chi connectivity index (χ1v) is 11.2. The smallest absolute Gasteiger partial charge is 0.423 e. The van der Waals surface area contributed by atoms with E-state index in [2.05, 4.69) is 9.88 Å². The van der Waals surface area contributed by atoms with Crippen LogP contribution in [0.2, 0.25) is 0 Å². The highest BCUT2D eigenvalue weighted by atomic mass is 32.2. The highest BCUT2D eigenvalue weighted by Crippen LogP contribution is 2.30. The number of aromatic nitrogens is 1. The average Bonchev–Trinajstić information content (AvgIpc) is 3.04. The van der Waals surface area contributed by atoms with Crippen LogP contribution < -0.4 is 10.2 Å². The van der Waals surface area contributed by atoms with Crippen molar-refractivity contribution < 1.29 is 23.0 Å². The van der Waals surface area contributed by atoms with E-state index in [0.717, 1.165) is 16.7 Å². The lowest BCUT2D eigenvalue weighted by Crippen LogP contribution is -2.29. The first-order valence-electron chi connectivity index (χ1n) is 9.67. The van der Waals surface area contributed by atoms with Gasteiger partial charge < -0.3 is 14.6 Å². The standard InChI is InChI=1S/C21H25BN2O5S/c1-14-6-9-18(21-15(2)24-29-16(21)3)13-20(14)30(27,28)23-12-4-5-17-7-10-19(11-8-17)22(25)26/h6-11,13,23,25-26H,4-5,12H2,1-3H3. The Hall–Kier alpha value is -2.46. The van der Waals surface area contributed by atoms with Gasteiger partial charge in [-0.15, -0.1) is 0 Å². The van der Waals surface area contributed by atoms with Crippen molar-refractivity contribution in [2.45, 2.75) is 38.5 Å². The summed E-state index contributed by atoms with van der Waals surface area (Å²) in [6.45, 7) is 5.69. The lowest BCUT2D eigenvalue weighted by molar-refractivity contribution is 0.393. The molecule has 0 spiro atoms. The lowest BCUT2D eigenvalue weighted by atomic mass is 9.80. The zero-order valence-corrected chi connectivity index (χ0v) is 18.0. The van der Waals surface area contributed by atoms with Crippen LogP contribution in [0.5, 0.6) is 0 Å². The van der Waals surface area contributed by atoms with Crippen LogP contribution in [0.3, 0.4) is 0 Å². The predicted octanol–water partition coefficient (Wildman–Crippen LogP) is 1.86. The maximum Gasteiger partial charge on any atom is 0.488 e. The summed E-state index contributed by atoms with van der Waals surface area (Å²) in [4.78, 5) is 0.237. The van der Waals surface area contributed by atoms with Crippen molar-refractivity contribution in [2.24, 2.45) is 0 Å². The van der Waals surface area contributed by atoms with Gasteiger partial charge >= 0.3 is 7.12 Å². The van der Waals surface area contributed by atoms with Gasteiger partial charge in [-0.2, -0.15) is 0 Å². The molecule has 30 heavy (non-hydrogen) atoms. The molecule has 3 N–H and O–H groups in total. The molecular formula is C21H25BN2O5S. The second-order valence-electron chi connectivity index (χ2n) is 7.30. The van der Waals surface area contributed by atoms with Gasteiger partial charge in [-0.1, -0.05) is 41.6 Å². The zero-order chi connectivity index (χ0) is 21.9. The SMILES string of the molecule is Cc1ccc(-c2c(C)noc2C)cc1S(=O)(=O)NCCCc1ccc(B(O)O)cc1. The number of sulfonamides is 1. The molecule has 158 valence electrons. The molecule has 0 aliphatic carbocycles. The number of hydrogen-bond donors (Lipinski definition) is 3. The fraction of sp³-hybridized carbons (Fsp3) is 0.286. The van der Waals surface area contributed by atoms with Gasteiger partial charge in [0.15, 0.2) is 0 Å². The van der Waals surface area contributed by atoms with E-state index in [1.807, 2.05) is 13.0 Å². The van der Waals surface area contributed by atoms with Crippen LogP contribution in [0.25, 0.3) is 11.1 Å². The summed E-state index contributed by atoms with van der Waals surface area (Å²) < 4.78 is 33.6. The summed E-state index contributed by atoms with van der Waals surface area (Å²) in [7, 11) is -5.16. The van der Waals surface area contributed by atoms with E-state index < -0.39 is 17.1 Å². The highest BCUT2D eigenvalue weighted by Gasteiger charge is 2.19. The second kappa shape index (κ2) is 9.14. The molecule has 0 aliphatic rings. The molecule has 0 atom stereocenters. The van der Waals surface area contributed by atoms with Gasteiger partial charge in [0.2, 0.25) is 10.0 Å². The van der Waals surface area contributed by atoms with Crippen LogP contribution in [-0.4, -0.2) is 37.3 Å². The summed E-state index contributed by atoms with van der Waals surface area (Å²) >= 11 is 0. The maximum absolute atomic E-state index is 12.9. The number of nitrogens with zero attached hydrogens (tertiary/aromatic N) is 1. The minimum absolute atomic E-state index is 0.237. The maximum atomic E-state index is 12.9. The number of aryl methyl sites for hydroxylation is 4. The van der Waals surface area contributed by atoms with Crippen LogP contribution in [0, 0.1) is 20.8 Å². The van der Waals surface area contributed by atoms with Crippen molar-refractivity contribution in [3.05, 3.63) is 65.0 Å². The molecule has 1 aromatic heterocycles. The van der Waals surface area contributed by atoms with E-state index in [0.29, 0.717) is 41.9 Å². The molecule has 0 fully saturated rings. The van der Waals surface area contributed by atoms with Gasteiger partial charge in [0.25, 0.3) is 0 Å². The van der Waals surface area contributed by atoms with E-state index in [-0.39, 0.29) is 4.90 Å². The minimum Gasteiger partial charge on any atom is -0.423 e. The third-order valence-corrected chi connectivity index (χ3v) is 6.61. The summed E-state index contributed by atoms with van der Waals surface area (Å²) in [5.74, 6) is 0.646. The van der Waals surface area contributed by atoms with Gasteiger partial charge in [0.05, 0.1) is 10.6 Å². The second-order valence-corrected chi connectivity index (χ2v) is 9.03. The first-order chi connectivity index (χ1) is 14.2. The van der Waals surface area contributed by atoms with Crippen LogP contribution in [0.15, 0.2) is 51.9 Å². The van der Waals surface area contributed by atoms with E-state index >= 15 is 0 Å². The van der Waals surface area contributed by atoms with Crippen molar-refractivity contribution in [3.8, 4) is 11.1 Å². The molecule has 0 saturated heterocycles. The number of benzene rings is 2. The van der Waals surface area contributed by atoms with Crippen molar-refractivity contribution in [1.29, 1.82) is 0 Å². The van der Waals surface area contributed by atoms with Crippen LogP contribution in [0.4, 0.5) is 0 Å². The first kappa shape index (κ1) is 22.2. The fourth-order valence-corrected chi connectivity index (χ4v) is 4.72. The molecule has 0 unspecified atom stereocenters. The molecule has 2 aromatic carbocycles. The number of rotatable bonds is 8. The lowest BCUT2D eigenvalue weighted by Gasteiger charge is -2.11. The molecule has 0 bridgehead atoms. The van der Waals surface area contributed by atoms with E-state index in [1.54, 1.807) is 50.2 Å². The van der Waals surface area contributed by atoms with Crippen LogP contribution in [0.1, 0.15) is 29.0 Å². The largest absolute Gasteiger partial charge is 0.488 e. The Balaban J connectivity index is 1.67. The van der Waals surface area contributed by atoms with E-state index in [9.17, 15) is 8.42 Å². The predicted molar refractivity (Wildman–Crippen MR) is 116 cm³/mol. The van der Waals surface area contributed by atoms with E-state index in [1.165, 1.54) is 0 Å². The fourth-order valence-electron chi connectivity index (χ4n) is 3.37. The van der Waals surface area contributed by atoms with Crippen molar-refractivity contribution in [2.75, 3.05) is 6.54 Å². The Morgan fingerprint density at radius 1 is 1.07 bits per heavy atom. The minimum atomic E-state index is -3.67. The third kappa shape index (κ3) is 4.99. The Bertz CT molecular complexity index is 1110. The van der Waals surface area contributed by atoms with Gasteiger partial charge in [-0.3, -0.25) is 0 Å². The molecule has 0 saturated carbocycles. The Morgan fingerprint density at radius 3 is 2.37 bits per heavy atom. The van der Waals surface area contributed by atoms with Crippen LogP contribution >= 0.6 is 0 Å². The molecule has 0 radical (unpaired) electrons. The van der Waals surface area contributed by atoms with Gasteiger partial charge in [0.1, 0.15) is 5.76 Å². The quantitative estimate of drug-likeness (QED) is 0.373. The van der Waals surface area contributed by atoms with Crippen molar-refractivity contribution in [1.82, 2.24) is 9.88 Å². The topological polar surface area (TPSA) is 113 Å². The monoisotopic (exact) mass is 428 g/mol.